The van der Waals surface area contributed by atoms with E-state index in [1.165, 1.54) is 44.1 Å². The molecule has 6 atom stereocenters. The van der Waals surface area contributed by atoms with Gasteiger partial charge in [0.1, 0.15) is 5.75 Å². The number of hydrogen-bond donors (Lipinski definition) is 5. The number of carbonyl (C=O) groups is 6. The van der Waals surface area contributed by atoms with E-state index in [0.717, 1.165) is 0 Å². The van der Waals surface area contributed by atoms with Gasteiger partial charge in [-0.05, 0) is 62.7 Å². The van der Waals surface area contributed by atoms with E-state index in [9.17, 15) is 65.3 Å². The summed E-state index contributed by atoms with van der Waals surface area (Å²) in [6.07, 6.45) is -10.8. The maximum atomic E-state index is 14.1. The first-order chi connectivity index (χ1) is 23.4. The van der Waals surface area contributed by atoms with Gasteiger partial charge in [0.15, 0.2) is 34.7 Å². The number of alkyl halides is 6. The molecular formula is C32H31F6N5O8. The summed E-state index contributed by atoms with van der Waals surface area (Å²) in [4.78, 5) is 82.8. The van der Waals surface area contributed by atoms with E-state index in [1.54, 1.807) is 0 Å². The minimum atomic E-state index is -5.21. The lowest BCUT2D eigenvalue weighted by Crippen LogP contribution is -2.74. The van der Waals surface area contributed by atoms with Gasteiger partial charge in [0.25, 0.3) is 0 Å². The molecule has 2 aromatic rings. The number of primary amides is 1. The molecule has 5 rings (SSSR count). The highest BCUT2D eigenvalue weighted by Gasteiger charge is 2.69. The van der Waals surface area contributed by atoms with Crippen molar-refractivity contribution in [3.8, 4) is 5.75 Å². The first-order valence-corrected chi connectivity index (χ1v) is 15.2. The van der Waals surface area contributed by atoms with Crippen molar-refractivity contribution in [2.24, 2.45) is 29.4 Å². The van der Waals surface area contributed by atoms with Crippen LogP contribution in [-0.2, 0) is 38.0 Å². The zero-order valence-electron chi connectivity index (χ0n) is 27.2. The van der Waals surface area contributed by atoms with Crippen LogP contribution in [0.3, 0.4) is 0 Å². The summed E-state index contributed by atoms with van der Waals surface area (Å²) in [6, 6.07) is -1.18. The summed E-state index contributed by atoms with van der Waals surface area (Å²) < 4.78 is 80.0. The fourth-order valence-electron chi connectivity index (χ4n) is 7.46. The molecule has 0 heterocycles. The molecule has 0 bridgehead atoms. The zero-order valence-corrected chi connectivity index (χ0v) is 27.2. The van der Waals surface area contributed by atoms with Crippen molar-refractivity contribution in [1.29, 1.82) is 0 Å². The average molecular weight is 728 g/mol. The number of hydrogen-bond acceptors (Lipinski definition) is 10. The number of anilines is 3. The standard InChI is InChI=1S/C32H31F6N5O8/c1-42(2)18-10-17(41-29(50)40-14-8-12(31(33,34)35)7-13(9-14)32(36,37)38)23(44)20-15(18)5-11-6-16-22(43(3)4)25(46)21(28(39)49)27(48)30(16,51)26(47)19(11)24(20)45/h7-11,16,19,21-22,44,51H,5-6H2,1-4H3,(H2,39,49)(H2,40,41,50)/t11-,16-,19?,21?,22-,30-/m0/s1. The lowest BCUT2D eigenvalue weighted by atomic mass is 9.52. The van der Waals surface area contributed by atoms with Crippen LogP contribution in [0.1, 0.15) is 33.5 Å². The number of likely N-dealkylation sites (N-methyl/N-ethyl adjacent to an activating group) is 1. The number of halogens is 6. The van der Waals surface area contributed by atoms with Crippen LogP contribution in [0.5, 0.6) is 5.75 Å². The number of nitrogens with one attached hydrogen (secondary N) is 2. The van der Waals surface area contributed by atoms with Gasteiger partial charge in [-0.1, -0.05) is 0 Å². The summed E-state index contributed by atoms with van der Waals surface area (Å²) in [5, 5.41) is 27.0. The van der Waals surface area contributed by atoms with Crippen molar-refractivity contribution in [2.45, 2.75) is 36.8 Å². The molecule has 0 saturated heterocycles. The number of aliphatic hydroxyl groups is 1. The Morgan fingerprint density at radius 1 is 0.902 bits per heavy atom. The Balaban J connectivity index is 1.55. The predicted octanol–water partition coefficient (Wildman–Crippen LogP) is 2.61. The number of rotatable bonds is 5. The van der Waals surface area contributed by atoms with E-state index in [4.69, 9.17) is 5.73 Å². The second-order valence-electron chi connectivity index (χ2n) is 13.2. The third kappa shape index (κ3) is 6.07. The van der Waals surface area contributed by atoms with Crippen molar-refractivity contribution in [2.75, 3.05) is 43.7 Å². The molecule has 0 aliphatic heterocycles. The third-order valence-electron chi connectivity index (χ3n) is 9.61. The number of amides is 3. The van der Waals surface area contributed by atoms with Crippen LogP contribution in [-0.4, -0.2) is 90.0 Å². The molecule has 2 aromatic carbocycles. The minimum absolute atomic E-state index is 0.121. The van der Waals surface area contributed by atoms with Crippen LogP contribution in [0.15, 0.2) is 24.3 Å². The van der Waals surface area contributed by atoms with Crippen LogP contribution >= 0.6 is 0 Å². The number of carbonyl (C=O) groups excluding carboxylic acids is 6. The molecular weight excluding hydrogens is 696 g/mol. The van der Waals surface area contributed by atoms with Crippen molar-refractivity contribution in [1.82, 2.24) is 4.90 Å². The molecule has 2 fully saturated rings. The van der Waals surface area contributed by atoms with E-state index in [1.807, 2.05) is 5.32 Å². The largest absolute Gasteiger partial charge is 0.505 e. The summed E-state index contributed by atoms with van der Waals surface area (Å²) in [7, 11) is 5.90. The molecule has 0 spiro atoms. The van der Waals surface area contributed by atoms with Crippen LogP contribution in [0.25, 0.3) is 0 Å². The number of phenolic OH excluding ortho intramolecular Hbond substituents is 1. The Hall–Kier alpha value is -5.04. The summed E-state index contributed by atoms with van der Waals surface area (Å²) in [6.45, 7) is 0. The average Bonchev–Trinajstić information content (AvgIpc) is 2.98. The highest BCUT2D eigenvalue weighted by molar-refractivity contribution is 6.32. The van der Waals surface area contributed by atoms with E-state index >= 15 is 0 Å². The fourth-order valence-corrected chi connectivity index (χ4v) is 7.46. The van der Waals surface area contributed by atoms with Gasteiger partial charge in [0, 0.05) is 31.4 Å². The van der Waals surface area contributed by atoms with Crippen LogP contribution < -0.4 is 21.3 Å². The van der Waals surface area contributed by atoms with Gasteiger partial charge in [-0.3, -0.25) is 28.9 Å². The van der Waals surface area contributed by atoms with Gasteiger partial charge in [0.05, 0.1) is 34.3 Å². The second kappa shape index (κ2) is 12.3. The van der Waals surface area contributed by atoms with E-state index in [2.05, 4.69) is 5.32 Å². The Morgan fingerprint density at radius 2 is 1.47 bits per heavy atom. The van der Waals surface area contributed by atoms with Gasteiger partial charge < -0.3 is 31.5 Å². The third-order valence-corrected chi connectivity index (χ3v) is 9.61. The highest BCUT2D eigenvalue weighted by Crippen LogP contribution is 2.53. The van der Waals surface area contributed by atoms with Crippen LogP contribution in [0.4, 0.5) is 48.2 Å². The molecule has 274 valence electrons. The zero-order chi connectivity index (χ0) is 38.3. The van der Waals surface area contributed by atoms with E-state index in [0.29, 0.717) is 0 Å². The first-order valence-electron chi connectivity index (χ1n) is 15.2. The number of nitrogens with two attached hydrogens (primary N) is 1. The maximum Gasteiger partial charge on any atom is 0.416 e. The lowest BCUT2D eigenvalue weighted by Gasteiger charge is -2.52. The fraction of sp³-hybridized carbons (Fsp3) is 0.438. The molecule has 51 heavy (non-hydrogen) atoms. The molecule has 0 radical (unpaired) electrons. The number of benzene rings is 2. The molecule has 0 aromatic heterocycles. The predicted molar refractivity (Wildman–Crippen MR) is 165 cm³/mol. The Labute approximate surface area is 284 Å². The topological polar surface area (TPSA) is 199 Å². The molecule has 19 heteroatoms. The number of urea groups is 1. The lowest BCUT2D eigenvalue weighted by molar-refractivity contribution is -0.181. The van der Waals surface area contributed by atoms with Crippen molar-refractivity contribution < 1.29 is 65.3 Å². The van der Waals surface area contributed by atoms with Gasteiger partial charge >= 0.3 is 18.4 Å². The SMILES string of the molecule is CN(C)c1cc(NC(=O)Nc2cc(C(F)(F)F)cc(C(F)(F)F)c2)c(O)c2c1C[C@H]1C[C@H]3[C@H](N(C)C)C(=O)C(C(N)=O)C(=O)[C@@]3(O)C(=O)C1C2=O. The molecule has 6 N–H and O–H groups in total. The number of ketones is 4. The number of nitrogens with zero attached hydrogens (tertiary/aromatic N) is 2. The van der Waals surface area contributed by atoms with Crippen molar-refractivity contribution in [3.05, 3.63) is 46.5 Å². The quantitative estimate of drug-likeness (QED) is 0.173. The Bertz CT molecular complexity index is 1860. The smallest absolute Gasteiger partial charge is 0.416 e. The van der Waals surface area contributed by atoms with Crippen molar-refractivity contribution >= 4 is 52.1 Å². The van der Waals surface area contributed by atoms with Gasteiger partial charge in [0.2, 0.25) is 5.91 Å². The van der Waals surface area contributed by atoms with Gasteiger partial charge in [-0.2, -0.15) is 26.3 Å². The van der Waals surface area contributed by atoms with Crippen LogP contribution in [0.2, 0.25) is 0 Å². The minimum Gasteiger partial charge on any atom is -0.505 e. The van der Waals surface area contributed by atoms with Gasteiger partial charge in [-0.15, -0.1) is 0 Å². The van der Waals surface area contributed by atoms with Crippen molar-refractivity contribution in [3.63, 3.8) is 0 Å². The van der Waals surface area contributed by atoms with Crippen LogP contribution in [0, 0.1) is 23.7 Å². The molecule has 2 saturated carbocycles. The van der Waals surface area contributed by atoms with E-state index in [-0.39, 0.29) is 42.3 Å². The maximum absolute atomic E-state index is 14.1. The van der Waals surface area contributed by atoms with Gasteiger partial charge in [-0.25, -0.2) is 4.79 Å². The molecule has 3 aliphatic carbocycles. The molecule has 3 amide bonds. The summed E-state index contributed by atoms with van der Waals surface area (Å²) in [5.74, 6) is -13.4. The number of Topliss-reactive ketones (excluding diaryl/α,β-unsaturated/α-hetero) is 4. The normalized spacial score (nSPS) is 26.3. The molecule has 2 unspecified atom stereocenters. The highest BCUT2D eigenvalue weighted by atomic mass is 19.4. The first kappa shape index (κ1) is 37.2. The Kier molecular flexibility index (Phi) is 9.00. The monoisotopic (exact) mass is 727 g/mol. The van der Waals surface area contributed by atoms with E-state index < -0.39 is 117 Å². The molecule has 3 aliphatic rings. The second-order valence-corrected chi connectivity index (χ2v) is 13.2. The Morgan fingerprint density at radius 3 is 1.96 bits per heavy atom. The number of aromatic hydroxyl groups is 1. The summed E-state index contributed by atoms with van der Waals surface area (Å²) >= 11 is 0. The number of fused-ring (bicyclic) bond motifs is 3. The number of phenols is 1. The molecule has 13 nitrogen and oxygen atoms in total. The summed E-state index contributed by atoms with van der Waals surface area (Å²) in [5.41, 5.74) is -2.68.